The normalized spacial score (nSPS) is 15.0. The van der Waals surface area contributed by atoms with Gasteiger partial charge in [0, 0.05) is 6.42 Å². The van der Waals surface area contributed by atoms with Gasteiger partial charge in [-0.1, -0.05) is 212 Å². The summed E-state index contributed by atoms with van der Waals surface area (Å²) in [4.78, 5) is 23.2. The Bertz CT molecular complexity index is 1500. The van der Waals surface area contributed by atoms with Crippen molar-refractivity contribution in [3.05, 3.63) is 122 Å². The minimum Gasteiger partial charge on any atom is -0.387 e. The number of hydrogen-bond donors (Lipinski definition) is 3. The van der Waals surface area contributed by atoms with Crippen LogP contribution in [0.25, 0.3) is 0 Å². The molecule has 3 N–H and O–H groups in total. The fourth-order valence-electron chi connectivity index (χ4n) is 6.80. The summed E-state index contributed by atoms with van der Waals surface area (Å²) in [6.45, 7) is 4.65. The second kappa shape index (κ2) is 47.9. The average Bonchev–Trinajstić information content (AvgIpc) is 3.29. The van der Waals surface area contributed by atoms with Gasteiger partial charge in [0.2, 0.25) is 5.91 Å². The zero-order valence-electron chi connectivity index (χ0n) is 43.3. The lowest BCUT2D eigenvalue weighted by molar-refractivity contribution is -0.870. The summed E-state index contributed by atoms with van der Waals surface area (Å²) in [6.07, 6.45) is 71.4. The Morgan fingerprint density at radius 3 is 1.31 bits per heavy atom. The van der Waals surface area contributed by atoms with E-state index in [0.717, 1.165) is 116 Å². The number of carbonyl (C=O) groups excluding carboxylic acids is 1. The van der Waals surface area contributed by atoms with Crippen molar-refractivity contribution in [1.82, 2.24) is 5.32 Å². The number of quaternary nitrogens is 1. The van der Waals surface area contributed by atoms with E-state index in [9.17, 15) is 19.4 Å². The fraction of sp³-hybridized carbons (Fsp3) is 0.638. The number of allylic oxidation sites excluding steroid dienone is 19. The highest BCUT2D eigenvalue weighted by molar-refractivity contribution is 7.47. The summed E-state index contributed by atoms with van der Waals surface area (Å²) in [5, 5.41) is 13.8. The summed E-state index contributed by atoms with van der Waals surface area (Å²) in [7, 11) is 1.54. The molecule has 0 aliphatic carbocycles. The molecule has 0 spiro atoms. The molecule has 3 unspecified atom stereocenters. The summed E-state index contributed by atoms with van der Waals surface area (Å²) in [6, 6.07) is -0.865. The second-order valence-corrected chi connectivity index (χ2v) is 20.0. The number of nitrogens with zero attached hydrogens (tertiary/aromatic N) is 1. The van der Waals surface area contributed by atoms with Crippen molar-refractivity contribution < 1.29 is 32.9 Å². The molecule has 0 aliphatic rings. The number of unbranched alkanes of at least 4 members (excludes halogenated alkanes) is 15. The van der Waals surface area contributed by atoms with E-state index < -0.39 is 20.0 Å². The highest BCUT2D eigenvalue weighted by atomic mass is 31.2. The molecular weight excluding hydrogens is 852 g/mol. The Labute approximate surface area is 412 Å². The van der Waals surface area contributed by atoms with Gasteiger partial charge in [-0.15, -0.1) is 0 Å². The van der Waals surface area contributed by atoms with Crippen LogP contribution in [0, 0.1) is 0 Å². The number of phosphoric ester groups is 1. The summed E-state index contributed by atoms with van der Waals surface area (Å²) < 4.78 is 23.6. The Morgan fingerprint density at radius 1 is 0.522 bits per heavy atom. The zero-order chi connectivity index (χ0) is 49.2. The lowest BCUT2D eigenvalue weighted by Gasteiger charge is -2.25. The average molecular weight is 952 g/mol. The second-order valence-electron chi connectivity index (χ2n) is 18.5. The number of amides is 1. The highest BCUT2D eigenvalue weighted by Crippen LogP contribution is 2.43. The molecule has 382 valence electrons. The molecule has 0 aliphatic heterocycles. The Balaban J connectivity index is 4.26. The lowest BCUT2D eigenvalue weighted by atomic mass is 10.1. The van der Waals surface area contributed by atoms with Crippen molar-refractivity contribution in [2.75, 3.05) is 40.9 Å². The van der Waals surface area contributed by atoms with E-state index in [-0.39, 0.29) is 19.1 Å². The highest BCUT2D eigenvalue weighted by Gasteiger charge is 2.27. The predicted octanol–water partition coefficient (Wildman–Crippen LogP) is 15.8. The van der Waals surface area contributed by atoms with Gasteiger partial charge in [0.1, 0.15) is 13.2 Å². The number of phosphoric acid groups is 1. The van der Waals surface area contributed by atoms with Crippen molar-refractivity contribution in [3.8, 4) is 0 Å². The fourth-order valence-corrected chi connectivity index (χ4v) is 7.53. The minimum absolute atomic E-state index is 0.0506. The Morgan fingerprint density at radius 2 is 0.896 bits per heavy atom. The van der Waals surface area contributed by atoms with Gasteiger partial charge in [-0.25, -0.2) is 4.57 Å². The molecule has 0 bridgehead atoms. The van der Waals surface area contributed by atoms with Crippen LogP contribution < -0.4 is 5.32 Å². The van der Waals surface area contributed by atoms with Crippen LogP contribution in [0.15, 0.2) is 122 Å². The third-order valence-corrected chi connectivity index (χ3v) is 11.9. The van der Waals surface area contributed by atoms with Crippen molar-refractivity contribution >= 4 is 13.7 Å². The van der Waals surface area contributed by atoms with Crippen molar-refractivity contribution in [3.63, 3.8) is 0 Å². The summed E-state index contributed by atoms with van der Waals surface area (Å²) in [5.74, 6) is -0.203. The van der Waals surface area contributed by atoms with Crippen LogP contribution in [0.3, 0.4) is 0 Å². The van der Waals surface area contributed by atoms with Gasteiger partial charge in [-0.05, 0) is 89.9 Å². The molecule has 0 fully saturated rings. The molecule has 8 nitrogen and oxygen atoms in total. The van der Waals surface area contributed by atoms with Crippen LogP contribution in [0.4, 0.5) is 0 Å². The first-order valence-electron chi connectivity index (χ1n) is 26.4. The van der Waals surface area contributed by atoms with E-state index in [1.54, 1.807) is 6.08 Å². The van der Waals surface area contributed by atoms with Gasteiger partial charge in [-0.2, -0.15) is 0 Å². The van der Waals surface area contributed by atoms with Gasteiger partial charge < -0.3 is 19.8 Å². The molecular formula is C58H100N2O6P+. The van der Waals surface area contributed by atoms with E-state index in [1.165, 1.54) is 51.4 Å². The summed E-state index contributed by atoms with van der Waals surface area (Å²) >= 11 is 0. The van der Waals surface area contributed by atoms with E-state index in [4.69, 9.17) is 9.05 Å². The predicted molar refractivity (Wildman–Crippen MR) is 290 cm³/mol. The number of nitrogens with one attached hydrogen (secondary N) is 1. The van der Waals surface area contributed by atoms with Gasteiger partial charge in [0.25, 0.3) is 0 Å². The number of likely N-dealkylation sites (N-methyl/N-ethyl adjacent to an activating group) is 1. The van der Waals surface area contributed by atoms with Crippen molar-refractivity contribution in [2.45, 2.75) is 199 Å². The number of aliphatic hydroxyl groups is 1. The zero-order valence-corrected chi connectivity index (χ0v) is 44.2. The third-order valence-electron chi connectivity index (χ3n) is 10.9. The lowest BCUT2D eigenvalue weighted by Crippen LogP contribution is -2.45. The number of hydrogen-bond acceptors (Lipinski definition) is 5. The van der Waals surface area contributed by atoms with E-state index in [0.29, 0.717) is 17.4 Å². The van der Waals surface area contributed by atoms with Crippen LogP contribution in [-0.4, -0.2) is 73.4 Å². The van der Waals surface area contributed by atoms with E-state index in [1.807, 2.05) is 27.2 Å². The number of aliphatic hydroxyl groups excluding tert-OH is 1. The largest absolute Gasteiger partial charge is 0.472 e. The molecule has 67 heavy (non-hydrogen) atoms. The molecule has 0 heterocycles. The molecule has 0 radical (unpaired) electrons. The van der Waals surface area contributed by atoms with Crippen LogP contribution in [0.5, 0.6) is 0 Å². The van der Waals surface area contributed by atoms with Gasteiger partial charge in [0.05, 0.1) is 39.9 Å². The standard InChI is InChI=1S/C58H99N2O6P/c1-6-8-10-12-14-16-18-20-21-22-23-24-25-26-27-28-29-30-31-32-33-34-35-36-37-38-39-40-42-44-46-48-50-52-58(62)59-56(55-66-67(63,64)65-54-53-60(3,4)5)57(61)51-49-47-45-43-41-19-17-15-13-11-9-7-2/h8,10,14,16,20-21,23-24,26-27,29-30,32-33,35-36,38-39,49,51,56-57,61H,6-7,9,11-13,15,17-19,22,25,28,31,34,37,40-48,50,52-55H2,1-5H3,(H-,59,62,63,64)/p+1/b10-8-,16-14-,21-20-,24-23-,27-26-,30-29-,33-32-,36-35-,39-38-,51-49+. The third kappa shape index (κ3) is 50.6. The quantitative estimate of drug-likeness (QED) is 0.0243. The van der Waals surface area contributed by atoms with Crippen LogP contribution >= 0.6 is 7.82 Å². The molecule has 0 aromatic rings. The van der Waals surface area contributed by atoms with Gasteiger partial charge >= 0.3 is 7.82 Å². The van der Waals surface area contributed by atoms with Gasteiger partial charge in [-0.3, -0.25) is 13.8 Å². The topological polar surface area (TPSA) is 105 Å². The van der Waals surface area contributed by atoms with Gasteiger partial charge in [0.15, 0.2) is 0 Å². The molecule has 3 atom stereocenters. The van der Waals surface area contributed by atoms with Crippen molar-refractivity contribution in [2.24, 2.45) is 0 Å². The van der Waals surface area contributed by atoms with E-state index >= 15 is 0 Å². The maximum atomic E-state index is 12.9. The molecule has 1 amide bonds. The molecule has 0 rings (SSSR count). The smallest absolute Gasteiger partial charge is 0.387 e. The minimum atomic E-state index is -4.35. The first-order chi connectivity index (χ1) is 32.5. The SMILES string of the molecule is CC/C=C\C/C=C\C/C=C\C/C=C\C/C=C\C/C=C\C/C=C\C/C=C\C/C=C\CCCCCCCC(=O)NC(COP(=O)(O)OCC[N+](C)(C)C)C(O)/C=C/CCCCCCCCCCCC. The first-order valence-corrected chi connectivity index (χ1v) is 27.9. The maximum absolute atomic E-state index is 12.9. The molecule has 0 aromatic carbocycles. The Hall–Kier alpha value is -3.10. The monoisotopic (exact) mass is 952 g/mol. The molecule has 0 saturated carbocycles. The van der Waals surface area contributed by atoms with Crippen LogP contribution in [0.2, 0.25) is 0 Å². The maximum Gasteiger partial charge on any atom is 0.472 e. The van der Waals surface area contributed by atoms with Crippen LogP contribution in [-0.2, 0) is 18.4 Å². The molecule has 0 saturated heterocycles. The van der Waals surface area contributed by atoms with E-state index in [2.05, 4.69) is 129 Å². The number of carbonyl (C=O) groups is 1. The van der Waals surface area contributed by atoms with Crippen molar-refractivity contribution in [1.29, 1.82) is 0 Å². The Kier molecular flexibility index (Phi) is 45.7. The van der Waals surface area contributed by atoms with Crippen LogP contribution in [0.1, 0.15) is 187 Å². The number of rotatable bonds is 46. The molecule has 0 aromatic heterocycles. The molecule has 9 heteroatoms. The summed E-state index contributed by atoms with van der Waals surface area (Å²) in [5.41, 5.74) is 0. The first kappa shape index (κ1) is 63.9.